The highest BCUT2D eigenvalue weighted by Crippen LogP contribution is 2.44. The average molecular weight is 476 g/mol. The van der Waals surface area contributed by atoms with Gasteiger partial charge in [0.05, 0.1) is 18.8 Å². The van der Waals surface area contributed by atoms with E-state index in [9.17, 15) is 29.6 Å². The van der Waals surface area contributed by atoms with Gasteiger partial charge in [0, 0.05) is 11.5 Å². The lowest BCUT2D eigenvalue weighted by molar-refractivity contribution is -0.318. The van der Waals surface area contributed by atoms with Crippen LogP contribution in [0.2, 0.25) is 0 Å². The lowest BCUT2D eigenvalue weighted by Crippen LogP contribution is -2.69. The summed E-state index contributed by atoms with van der Waals surface area (Å²) in [5, 5.41) is 49.0. The average Bonchev–Trinajstić information content (AvgIpc) is 2.76. The third-order valence-electron chi connectivity index (χ3n) is 5.67. The molecule has 12 heteroatoms. The number of fused-ring (bicyclic) bond motifs is 1. The molecule has 1 saturated heterocycles. The van der Waals surface area contributed by atoms with Crippen LogP contribution >= 0.6 is 0 Å². The second-order valence-electron chi connectivity index (χ2n) is 7.92. The van der Waals surface area contributed by atoms with Crippen molar-refractivity contribution in [2.45, 2.75) is 50.2 Å². The van der Waals surface area contributed by atoms with Gasteiger partial charge in [0.15, 0.2) is 17.3 Å². The number of benzene rings is 1. The first kappa shape index (κ1) is 25.0. The molecule has 2 aliphatic heterocycles. The molecule has 1 fully saturated rings. The van der Waals surface area contributed by atoms with Gasteiger partial charge in [-0.3, -0.25) is 0 Å². The molecule has 0 aromatic heterocycles. The Labute approximate surface area is 185 Å². The third kappa shape index (κ3) is 4.08. The highest BCUT2D eigenvalue weighted by Gasteiger charge is 2.63. The van der Waals surface area contributed by atoms with E-state index in [0.29, 0.717) is 5.57 Å². The van der Waals surface area contributed by atoms with Crippen LogP contribution in [0, 0.1) is 17.6 Å². The monoisotopic (exact) mass is 476 g/mol. The molecule has 0 bridgehead atoms. The van der Waals surface area contributed by atoms with Crippen molar-refractivity contribution in [1.29, 1.82) is 0 Å². The van der Waals surface area contributed by atoms with Crippen molar-refractivity contribution in [3.63, 3.8) is 0 Å². The lowest BCUT2D eigenvalue weighted by atomic mass is 9.83. The van der Waals surface area contributed by atoms with Gasteiger partial charge in [-0.05, 0) is 24.6 Å². The number of aliphatic carboxylic acids is 1. The molecule has 5 N–H and O–H groups in total. The van der Waals surface area contributed by atoms with Gasteiger partial charge in [-0.1, -0.05) is 13.5 Å². The van der Waals surface area contributed by atoms with E-state index in [1.165, 1.54) is 19.9 Å². The smallest absolute Gasteiger partial charge is 0.380 e. The van der Waals surface area contributed by atoms with E-state index >= 15 is 8.78 Å². The molecule has 2 heterocycles. The van der Waals surface area contributed by atoms with Gasteiger partial charge in [0.2, 0.25) is 12.0 Å². The Morgan fingerprint density at radius 3 is 2.58 bits per heavy atom. The zero-order valence-corrected chi connectivity index (χ0v) is 17.5. The van der Waals surface area contributed by atoms with Crippen molar-refractivity contribution in [2.24, 2.45) is 5.92 Å². The molecule has 7 atom stereocenters. The number of hydrogen-bond donors (Lipinski definition) is 5. The van der Waals surface area contributed by atoms with Gasteiger partial charge in [-0.2, -0.15) is 4.39 Å². The number of alkyl halides is 1. The first-order valence-corrected chi connectivity index (χ1v) is 9.82. The first-order valence-electron chi connectivity index (χ1n) is 9.82. The second-order valence-corrected chi connectivity index (χ2v) is 7.92. The minimum atomic E-state index is -3.53. The van der Waals surface area contributed by atoms with E-state index in [4.69, 9.17) is 19.3 Å². The molecule has 182 valence electrons. The van der Waals surface area contributed by atoms with Gasteiger partial charge in [-0.15, -0.1) is 0 Å². The number of ether oxygens (including phenoxy) is 3. The number of hydrogen-bond acceptors (Lipinski definition) is 8. The van der Waals surface area contributed by atoms with Crippen molar-refractivity contribution in [3.8, 4) is 11.5 Å². The Morgan fingerprint density at radius 1 is 1.36 bits per heavy atom. The van der Waals surface area contributed by atoms with Gasteiger partial charge >= 0.3 is 11.8 Å². The van der Waals surface area contributed by atoms with Crippen LogP contribution < -0.4 is 9.47 Å². The predicted octanol–water partition coefficient (Wildman–Crippen LogP) is 0.882. The zero-order chi connectivity index (χ0) is 24.8. The molecule has 0 radical (unpaired) electrons. The summed E-state index contributed by atoms with van der Waals surface area (Å²) in [6, 6.07) is 0.776. The molecule has 0 saturated carbocycles. The van der Waals surface area contributed by atoms with Gasteiger partial charge in [0.25, 0.3) is 0 Å². The first-order chi connectivity index (χ1) is 15.3. The van der Waals surface area contributed by atoms with Crippen LogP contribution in [0.3, 0.4) is 0 Å². The lowest BCUT2D eigenvalue weighted by Gasteiger charge is -2.47. The number of carbonyl (C=O) groups is 1. The van der Waals surface area contributed by atoms with E-state index in [1.54, 1.807) is 0 Å². The zero-order valence-electron chi connectivity index (χ0n) is 17.5. The Kier molecular flexibility index (Phi) is 6.78. The number of allylic oxidation sites excluding steroid dienone is 2. The van der Waals surface area contributed by atoms with Crippen molar-refractivity contribution in [1.82, 2.24) is 0 Å². The maximum Gasteiger partial charge on any atom is 0.380 e. The van der Waals surface area contributed by atoms with Gasteiger partial charge < -0.3 is 39.7 Å². The minimum absolute atomic E-state index is 0.00730. The van der Waals surface area contributed by atoms with E-state index in [0.717, 1.165) is 6.07 Å². The number of halogens is 3. The summed E-state index contributed by atoms with van der Waals surface area (Å²) >= 11 is 0. The van der Waals surface area contributed by atoms with Crippen molar-refractivity contribution in [2.75, 3.05) is 6.61 Å². The van der Waals surface area contributed by atoms with Gasteiger partial charge in [0.1, 0.15) is 18.0 Å². The summed E-state index contributed by atoms with van der Waals surface area (Å²) in [6.07, 6.45) is -9.32. The van der Waals surface area contributed by atoms with Gasteiger partial charge in [-0.25, -0.2) is 13.6 Å². The molecule has 1 aromatic carbocycles. The molecule has 3 rings (SSSR count). The maximum atomic E-state index is 15.2. The fourth-order valence-corrected chi connectivity index (χ4v) is 3.76. The fraction of sp³-hybridized carbons (Fsp3) is 0.476. The summed E-state index contributed by atoms with van der Waals surface area (Å²) in [5.74, 6) is -11.9. The number of carboxylic acid groups (broad SMARTS) is 1. The number of rotatable bonds is 6. The van der Waals surface area contributed by atoms with Crippen LogP contribution in [0.5, 0.6) is 11.5 Å². The van der Waals surface area contributed by atoms with E-state index in [1.807, 2.05) is 0 Å². The minimum Gasteiger partial charge on any atom is -0.476 e. The molecule has 1 aromatic rings. The van der Waals surface area contributed by atoms with Crippen LogP contribution in [0.25, 0.3) is 5.57 Å². The highest BCUT2D eigenvalue weighted by molar-refractivity contribution is 5.78. The van der Waals surface area contributed by atoms with Crippen molar-refractivity contribution >= 4 is 11.5 Å². The quantitative estimate of drug-likeness (QED) is 0.404. The molecule has 0 spiro atoms. The molecular weight excluding hydrogens is 453 g/mol. The fourth-order valence-electron chi connectivity index (χ4n) is 3.76. The molecule has 2 aliphatic rings. The van der Waals surface area contributed by atoms with Crippen LogP contribution in [-0.4, -0.2) is 74.5 Å². The molecule has 9 nitrogen and oxygen atoms in total. The third-order valence-corrected chi connectivity index (χ3v) is 5.67. The number of aliphatic hydroxyl groups is 4. The summed E-state index contributed by atoms with van der Waals surface area (Å²) < 4.78 is 60.4. The van der Waals surface area contributed by atoms with Crippen LogP contribution in [0.1, 0.15) is 19.4 Å². The summed E-state index contributed by atoms with van der Waals surface area (Å²) in [4.78, 5) is 12.1. The molecule has 33 heavy (non-hydrogen) atoms. The Balaban J connectivity index is 2.11. The Morgan fingerprint density at radius 2 is 2.00 bits per heavy atom. The molecular formula is C21H23F3O9. The summed E-state index contributed by atoms with van der Waals surface area (Å²) in [6.45, 7) is 5.23. The molecule has 0 amide bonds. The topological polar surface area (TPSA) is 146 Å². The van der Waals surface area contributed by atoms with E-state index in [2.05, 4.69) is 6.58 Å². The maximum absolute atomic E-state index is 15.2. The normalized spacial score (nSPS) is 31.2. The highest BCUT2D eigenvalue weighted by atomic mass is 19.1. The SMILES string of the molecule is C=C1C=C(C)c2cc(F)c(OC3(C(=O)O)OC([C@H](O)[C@H](O)CO)C(C)C(O)C3F)c(F)c2O1. The molecule has 0 aliphatic carbocycles. The second kappa shape index (κ2) is 8.95. The summed E-state index contributed by atoms with van der Waals surface area (Å²) in [7, 11) is 0. The summed E-state index contributed by atoms with van der Waals surface area (Å²) in [5.41, 5.74) is 0.352. The van der Waals surface area contributed by atoms with E-state index in [-0.39, 0.29) is 11.3 Å². The van der Waals surface area contributed by atoms with Crippen LogP contribution in [-0.2, 0) is 9.53 Å². The van der Waals surface area contributed by atoms with Crippen molar-refractivity contribution < 1.29 is 57.7 Å². The Hall–Kier alpha value is -2.64. The molecule has 5 unspecified atom stereocenters. The van der Waals surface area contributed by atoms with Crippen LogP contribution in [0.4, 0.5) is 13.2 Å². The van der Waals surface area contributed by atoms with Crippen LogP contribution in [0.15, 0.2) is 24.5 Å². The number of aliphatic hydroxyl groups excluding tert-OH is 4. The largest absolute Gasteiger partial charge is 0.476 e. The van der Waals surface area contributed by atoms with Crippen molar-refractivity contribution in [3.05, 3.63) is 41.7 Å². The Bertz CT molecular complexity index is 994. The predicted molar refractivity (Wildman–Crippen MR) is 105 cm³/mol. The standard InChI is InChI=1S/C21H23F3O9/c1-7-4-8(2)31-17-10(7)5-11(22)18(13(17)23)33-21(20(29)30)19(24)14(27)9(3)16(32-21)15(28)12(26)6-25/h4-5,9,12,14-16,19,25-28H,2,6H2,1,3H3,(H,29,30)/t9?,12-,14?,15-,16?,19?,21?/m1/s1. The van der Waals surface area contributed by atoms with E-state index < -0.39 is 78.0 Å². The number of carboxylic acids is 1.